The molecule has 1 aromatic heterocycles. The third kappa shape index (κ3) is 9.04. The van der Waals surface area contributed by atoms with Crippen molar-refractivity contribution in [2.45, 2.75) is 45.2 Å². The van der Waals surface area contributed by atoms with Gasteiger partial charge in [-0.2, -0.15) is 0 Å². The molecule has 0 saturated carbocycles. The summed E-state index contributed by atoms with van der Waals surface area (Å²) in [4.78, 5) is 56.3. The monoisotopic (exact) mass is 525 g/mol. The molecule has 12 nitrogen and oxygen atoms in total. The molecule has 2 rings (SSSR count). The summed E-state index contributed by atoms with van der Waals surface area (Å²) in [6.45, 7) is 3.57. The van der Waals surface area contributed by atoms with Gasteiger partial charge < -0.3 is 26.6 Å². The fourth-order valence-electron chi connectivity index (χ4n) is 3.71. The minimum Gasteiger partial charge on any atom is -0.481 e. The summed E-state index contributed by atoms with van der Waals surface area (Å²) >= 11 is 0. The number of aromatic nitrogens is 2. The van der Waals surface area contributed by atoms with E-state index in [1.165, 1.54) is 19.3 Å². The predicted molar refractivity (Wildman–Crippen MR) is 144 cm³/mol. The Morgan fingerprint density at radius 1 is 1.18 bits per heavy atom. The highest BCUT2D eigenvalue weighted by Gasteiger charge is 2.29. The number of benzene rings is 1. The van der Waals surface area contributed by atoms with Crippen LogP contribution in [0.3, 0.4) is 0 Å². The number of likely N-dealkylation sites (N-methyl/N-ethyl adjacent to an activating group) is 1. The first kappa shape index (κ1) is 30.0. The van der Waals surface area contributed by atoms with Crippen LogP contribution < -0.4 is 16.2 Å². The van der Waals surface area contributed by atoms with Crippen LogP contribution in [0.5, 0.6) is 0 Å². The Kier molecular flexibility index (Phi) is 11.5. The molecule has 1 heterocycles. The summed E-state index contributed by atoms with van der Waals surface area (Å²) in [5, 5.41) is 29.8. The average Bonchev–Trinajstić information content (AvgIpc) is 2.87. The Labute approximate surface area is 221 Å². The summed E-state index contributed by atoms with van der Waals surface area (Å²) in [7, 11) is 1.75. The second-order valence-electron chi connectivity index (χ2n) is 8.97. The number of Topliss-reactive ketones (excluding diaryl/α,β-unsaturated/α-hetero) is 1. The Balaban J connectivity index is 2.11. The lowest BCUT2D eigenvalue weighted by atomic mass is 10.1. The maximum absolute atomic E-state index is 13.2. The van der Waals surface area contributed by atoms with Gasteiger partial charge in [-0.3, -0.25) is 28.6 Å². The third-order valence-electron chi connectivity index (χ3n) is 5.91. The highest BCUT2D eigenvalue weighted by Crippen LogP contribution is 2.11. The van der Waals surface area contributed by atoms with Gasteiger partial charge in [0.1, 0.15) is 6.04 Å². The van der Waals surface area contributed by atoms with Crippen molar-refractivity contribution in [2.75, 3.05) is 32.0 Å². The molecule has 1 amide bonds. The van der Waals surface area contributed by atoms with Crippen molar-refractivity contribution in [1.82, 2.24) is 19.8 Å². The fraction of sp³-hybridized carbons (Fsp3) is 0.423. The number of ketones is 1. The van der Waals surface area contributed by atoms with Crippen molar-refractivity contribution < 1.29 is 19.5 Å². The number of rotatable bonds is 16. The lowest BCUT2D eigenvalue weighted by Crippen LogP contribution is -2.49. The highest BCUT2D eigenvalue weighted by atomic mass is 16.4. The first-order valence-corrected chi connectivity index (χ1v) is 12.2. The molecule has 2 aromatic rings. The van der Waals surface area contributed by atoms with Gasteiger partial charge in [0.05, 0.1) is 37.0 Å². The number of carboxylic acids is 1. The maximum Gasteiger partial charge on any atom is 0.305 e. The number of nitrogens with zero attached hydrogens (tertiary/aromatic N) is 3. The number of amides is 1. The number of hydrogen-bond donors (Lipinski definition) is 5. The van der Waals surface area contributed by atoms with E-state index in [1.807, 2.05) is 30.3 Å². The molecule has 0 saturated heterocycles. The van der Waals surface area contributed by atoms with Crippen molar-refractivity contribution in [3.63, 3.8) is 0 Å². The molecular formula is C26H35N7O5. The number of nitrogens with one attached hydrogen (secondary N) is 4. The summed E-state index contributed by atoms with van der Waals surface area (Å²) in [5.41, 5.74) is 0.510. The van der Waals surface area contributed by atoms with Gasteiger partial charge in [-0.15, -0.1) is 0 Å². The molecule has 38 heavy (non-hydrogen) atoms. The van der Waals surface area contributed by atoms with Crippen LogP contribution in [-0.2, 0) is 20.8 Å². The lowest BCUT2D eigenvalue weighted by Gasteiger charge is -2.24. The average molecular weight is 526 g/mol. The molecule has 0 radical (unpaired) electrons. The van der Waals surface area contributed by atoms with Gasteiger partial charge >= 0.3 is 5.97 Å². The molecule has 12 heteroatoms. The lowest BCUT2D eigenvalue weighted by molar-refractivity contribution is -0.140. The Hall–Kier alpha value is -4.19. The molecule has 0 spiro atoms. The van der Waals surface area contributed by atoms with E-state index in [1.54, 1.807) is 18.9 Å². The van der Waals surface area contributed by atoms with Gasteiger partial charge in [0.15, 0.2) is 11.6 Å². The molecule has 0 aliphatic rings. The minimum absolute atomic E-state index is 0.0184. The van der Waals surface area contributed by atoms with E-state index in [0.29, 0.717) is 13.0 Å². The second kappa shape index (κ2) is 14.5. The maximum atomic E-state index is 13.2. The first-order chi connectivity index (χ1) is 18.0. The van der Waals surface area contributed by atoms with E-state index in [-0.39, 0.29) is 36.8 Å². The zero-order chi connectivity index (χ0) is 28.2. The molecule has 0 fully saturated rings. The second-order valence-corrected chi connectivity index (χ2v) is 8.97. The zero-order valence-corrected chi connectivity index (χ0v) is 21.9. The SMILES string of the molecule is CCC(C(=O)NC(CC(=O)O)C(=O)CN(C)CCc1ccccc1)n1ccnc(NCC(=N)C(C)=N)c1=O. The van der Waals surface area contributed by atoms with Gasteiger partial charge in [-0.1, -0.05) is 37.3 Å². The highest BCUT2D eigenvalue weighted by molar-refractivity contribution is 6.40. The standard InChI is InChI=1S/C26H35N7O5/c1-4-21(33-13-11-29-24(26(33)38)30-15-19(28)17(2)27)25(37)31-20(14-23(35)36)22(34)16-32(3)12-10-18-8-6-5-7-9-18/h5-9,11,13,20-21,27-28H,4,10,12,14-16H2,1-3H3,(H,29,30)(H,31,37)(H,35,36). The summed E-state index contributed by atoms with van der Waals surface area (Å²) in [5.74, 6) is -2.44. The molecule has 0 aliphatic carbocycles. The van der Waals surface area contributed by atoms with Crippen LogP contribution in [0.15, 0.2) is 47.5 Å². The van der Waals surface area contributed by atoms with Crippen molar-refractivity contribution in [2.24, 2.45) is 0 Å². The van der Waals surface area contributed by atoms with Crippen molar-refractivity contribution >= 4 is 34.9 Å². The van der Waals surface area contributed by atoms with Gasteiger partial charge in [0.25, 0.3) is 5.56 Å². The summed E-state index contributed by atoms with van der Waals surface area (Å²) < 4.78 is 1.15. The largest absolute Gasteiger partial charge is 0.481 e. The third-order valence-corrected chi connectivity index (χ3v) is 5.91. The number of aliphatic carboxylic acids is 1. The van der Waals surface area contributed by atoms with Crippen LogP contribution >= 0.6 is 0 Å². The first-order valence-electron chi connectivity index (χ1n) is 12.2. The van der Waals surface area contributed by atoms with Crippen molar-refractivity contribution in [3.05, 3.63) is 58.6 Å². The van der Waals surface area contributed by atoms with Crippen LogP contribution in [-0.4, -0.2) is 81.4 Å². The van der Waals surface area contributed by atoms with E-state index in [0.717, 1.165) is 10.1 Å². The molecule has 0 bridgehead atoms. The molecule has 5 N–H and O–H groups in total. The molecular weight excluding hydrogens is 490 g/mol. The van der Waals surface area contributed by atoms with Crippen LogP contribution in [0, 0.1) is 10.8 Å². The van der Waals surface area contributed by atoms with Crippen molar-refractivity contribution in [1.29, 1.82) is 10.8 Å². The van der Waals surface area contributed by atoms with Gasteiger partial charge in [-0.25, -0.2) is 4.98 Å². The van der Waals surface area contributed by atoms with Gasteiger partial charge in [-0.05, 0) is 32.4 Å². The molecule has 0 aliphatic heterocycles. The normalized spacial score (nSPS) is 12.4. The van der Waals surface area contributed by atoms with E-state index >= 15 is 0 Å². The van der Waals surface area contributed by atoms with Crippen LogP contribution in [0.4, 0.5) is 5.82 Å². The van der Waals surface area contributed by atoms with Crippen LogP contribution in [0.1, 0.15) is 38.3 Å². The predicted octanol–water partition coefficient (Wildman–Crippen LogP) is 1.37. The van der Waals surface area contributed by atoms with Crippen LogP contribution in [0.25, 0.3) is 0 Å². The van der Waals surface area contributed by atoms with Gasteiger partial charge in [0, 0.05) is 18.9 Å². The van der Waals surface area contributed by atoms with Gasteiger partial charge in [0.2, 0.25) is 5.91 Å². The van der Waals surface area contributed by atoms with Crippen molar-refractivity contribution in [3.8, 4) is 0 Å². The Morgan fingerprint density at radius 2 is 1.87 bits per heavy atom. The minimum atomic E-state index is -1.26. The van der Waals surface area contributed by atoms with E-state index in [2.05, 4.69) is 15.6 Å². The topological polar surface area (TPSA) is 181 Å². The zero-order valence-electron chi connectivity index (χ0n) is 21.9. The Bertz CT molecular complexity index is 1210. The fourth-order valence-corrected chi connectivity index (χ4v) is 3.71. The van der Waals surface area contributed by atoms with E-state index < -0.39 is 41.7 Å². The smallest absolute Gasteiger partial charge is 0.305 e. The number of carbonyl (C=O) groups is 3. The quantitative estimate of drug-likeness (QED) is 0.204. The van der Waals surface area contributed by atoms with Crippen LogP contribution in [0.2, 0.25) is 0 Å². The molecule has 2 unspecified atom stereocenters. The summed E-state index contributed by atoms with van der Waals surface area (Å²) in [6.07, 6.45) is 2.97. The summed E-state index contributed by atoms with van der Waals surface area (Å²) in [6, 6.07) is 7.46. The molecule has 2 atom stereocenters. The molecule has 204 valence electrons. The Morgan fingerprint density at radius 3 is 2.47 bits per heavy atom. The number of hydrogen-bond acceptors (Lipinski definition) is 9. The number of carboxylic acid groups (broad SMARTS) is 1. The van der Waals surface area contributed by atoms with E-state index in [4.69, 9.17) is 10.8 Å². The molecule has 1 aromatic carbocycles. The number of anilines is 1. The van der Waals surface area contributed by atoms with E-state index in [9.17, 15) is 24.3 Å². The number of carbonyl (C=O) groups excluding carboxylic acids is 2.